The summed E-state index contributed by atoms with van der Waals surface area (Å²) in [5.74, 6) is -1.38. The van der Waals surface area contributed by atoms with Crippen molar-refractivity contribution in [3.05, 3.63) is 132 Å². The van der Waals surface area contributed by atoms with Crippen LogP contribution in [0.1, 0.15) is 18.5 Å². The van der Waals surface area contributed by atoms with Crippen LogP contribution in [0, 0.1) is 11.6 Å². The van der Waals surface area contributed by atoms with Crippen molar-refractivity contribution in [2.24, 2.45) is 14.1 Å². The van der Waals surface area contributed by atoms with Gasteiger partial charge in [0.1, 0.15) is 10.7 Å². The van der Waals surface area contributed by atoms with Gasteiger partial charge in [0.15, 0.2) is 0 Å². The van der Waals surface area contributed by atoms with Gasteiger partial charge in [0.2, 0.25) is 0 Å². The second-order valence-corrected chi connectivity index (χ2v) is 19.7. The third kappa shape index (κ3) is 10.4. The average Bonchev–Trinajstić information content (AvgIpc) is 4.03. The molecule has 0 spiro atoms. The molecule has 0 atom stereocenters. The fourth-order valence-corrected chi connectivity index (χ4v) is 10.4. The summed E-state index contributed by atoms with van der Waals surface area (Å²) in [6.07, 6.45) is 3.43. The molecule has 0 unspecified atom stereocenters. The summed E-state index contributed by atoms with van der Waals surface area (Å²) in [5.41, 5.74) is 3.20. The number of para-hydroxylation sites is 2. The van der Waals surface area contributed by atoms with Crippen LogP contribution in [-0.2, 0) is 14.1 Å². The average molecular weight is 987 g/mol. The van der Waals surface area contributed by atoms with Crippen LogP contribution in [0.5, 0.6) is 0 Å². The number of benzene rings is 2. The molecule has 56 heavy (non-hydrogen) atoms. The van der Waals surface area contributed by atoms with E-state index in [1.165, 1.54) is 45.6 Å². The van der Waals surface area contributed by atoms with Crippen LogP contribution in [0.25, 0.3) is 31.5 Å². The van der Waals surface area contributed by atoms with Crippen molar-refractivity contribution in [1.82, 2.24) is 29.5 Å². The zero-order valence-corrected chi connectivity index (χ0v) is 35.8. The number of nitrogens with one attached hydrogen (secondary N) is 2. The normalized spacial score (nSPS) is 10.6. The molecule has 0 aliphatic heterocycles. The minimum absolute atomic E-state index is 0.00462. The van der Waals surface area contributed by atoms with Gasteiger partial charge in [0.25, 0.3) is 0 Å². The van der Waals surface area contributed by atoms with Gasteiger partial charge in [-0.2, -0.15) is 5.10 Å². The number of amides is 2. The third-order valence-corrected chi connectivity index (χ3v) is 14.3. The number of aromatic nitrogens is 6. The molecule has 8 aromatic rings. The van der Waals surface area contributed by atoms with E-state index in [0.717, 1.165) is 29.2 Å². The van der Waals surface area contributed by atoms with E-state index in [1.807, 2.05) is 36.0 Å². The van der Waals surface area contributed by atoms with Gasteiger partial charge < -0.3 is 10.0 Å². The molecular weight excluding hydrogens is 959 g/mol. The number of carbonyl (C=O) groups is 2. The third-order valence-electron chi connectivity index (χ3n) is 7.49. The summed E-state index contributed by atoms with van der Waals surface area (Å²) in [7, 11) is 2.04. The topological polar surface area (TPSA) is 160 Å². The van der Waals surface area contributed by atoms with Gasteiger partial charge in [-0.1, -0.05) is 0 Å². The fraction of sp³-hybridized carbons (Fsp3) is 0.0556. The van der Waals surface area contributed by atoms with Crippen molar-refractivity contribution >= 4 is 104 Å². The molecule has 12 nitrogen and oxygen atoms in total. The molecule has 2 amide bonds. The van der Waals surface area contributed by atoms with Crippen molar-refractivity contribution in [2.75, 3.05) is 10.6 Å². The predicted molar refractivity (Wildman–Crippen MR) is 221 cm³/mol. The molecule has 4 N–H and O–H groups in total. The van der Waals surface area contributed by atoms with Crippen molar-refractivity contribution in [3.63, 3.8) is 0 Å². The molecule has 6 aromatic heterocycles. The van der Waals surface area contributed by atoms with Gasteiger partial charge >= 0.3 is 273 Å². The Hall–Kier alpha value is -4.62. The maximum atomic E-state index is 13.7. The van der Waals surface area contributed by atoms with Crippen molar-refractivity contribution in [1.29, 1.82) is 0 Å². The molecule has 0 saturated carbocycles. The number of hydrogen-bond acceptors (Lipinski definition) is 10. The number of anilines is 2. The molecule has 0 aliphatic rings. The molecule has 0 saturated heterocycles. The number of hydrogen-bond donors (Lipinski definition) is 4. The van der Waals surface area contributed by atoms with E-state index in [2.05, 4.69) is 46.7 Å². The summed E-state index contributed by atoms with van der Waals surface area (Å²) in [6.45, 7) is 0. The minimum atomic E-state index is -1.50. The Balaban J connectivity index is 0.000000152. The Morgan fingerprint density at radius 2 is 1.25 bits per heavy atom. The van der Waals surface area contributed by atoms with E-state index in [-0.39, 0.29) is 52.2 Å². The van der Waals surface area contributed by atoms with Gasteiger partial charge in [-0.3, -0.25) is 4.68 Å². The Kier molecular flexibility index (Phi) is 13.9. The number of thiazole rings is 2. The number of aryl methyl sites for hydroxylation is 2. The van der Waals surface area contributed by atoms with Crippen LogP contribution < -0.4 is 16.2 Å². The Morgan fingerprint density at radius 3 is 1.73 bits per heavy atom. The Bertz CT molecular complexity index is 2560. The van der Waals surface area contributed by atoms with Gasteiger partial charge in [-0.25, -0.2) is 4.98 Å². The second-order valence-electron chi connectivity index (χ2n) is 11.3. The SMILES string of the molecule is Cn1nc(-c2nccs2)cc1-c1ccc(C(=O)Nc2ccccc2F)[se]1.Cn1nc(-c2nccs2)cc1B(O)O.O=C(Nc1ccccc1F)c1ccc(Br)[se]1. The standard InChI is InChI=1S/C18H13FN4OSSe.C11H7BrFNOSe.C7H8BN3O2S/c1-23-14(10-13(22-23)18-20-8-9-25-18)15-6-7-16(26-15)17(24)21-12-5-3-2-4-11(12)19;12-10-6-5-9(16-10)11(15)14-8-4-2-1-3-7(8)13;1-11-6(8(12)13)4-5(10-11)7-9-2-3-14-7/h2-10H,1H3,(H,21,24);1-6H,(H,14,15);2-4,12-13H,1H3. The first-order valence-electron chi connectivity index (χ1n) is 16.2. The Morgan fingerprint density at radius 1 is 0.732 bits per heavy atom. The monoisotopic (exact) mass is 988 g/mol. The molecule has 284 valence electrons. The summed E-state index contributed by atoms with van der Waals surface area (Å²) in [6, 6.07) is 23.2. The Labute approximate surface area is 347 Å². The molecular formula is C36H28BBrF2N8O4S2Se2. The molecule has 8 rings (SSSR count). The van der Waals surface area contributed by atoms with Crippen LogP contribution in [0.4, 0.5) is 20.2 Å². The van der Waals surface area contributed by atoms with Crippen molar-refractivity contribution < 1.29 is 28.4 Å². The van der Waals surface area contributed by atoms with Crippen LogP contribution in [0.3, 0.4) is 0 Å². The van der Waals surface area contributed by atoms with Gasteiger partial charge in [-0.05, 0) is 6.07 Å². The number of nitrogens with zero attached hydrogens (tertiary/aromatic N) is 6. The van der Waals surface area contributed by atoms with Crippen LogP contribution in [0.2, 0.25) is 0 Å². The van der Waals surface area contributed by atoms with Crippen molar-refractivity contribution in [3.8, 4) is 31.5 Å². The maximum absolute atomic E-state index is 13.7. The van der Waals surface area contributed by atoms with E-state index < -0.39 is 18.8 Å². The van der Waals surface area contributed by atoms with E-state index in [1.54, 1.807) is 72.7 Å². The molecule has 0 radical (unpaired) electrons. The van der Waals surface area contributed by atoms with Crippen LogP contribution >= 0.6 is 38.6 Å². The van der Waals surface area contributed by atoms with Crippen LogP contribution in [0.15, 0.2) is 111 Å². The number of carbonyl (C=O) groups excluding carboxylic acids is 2. The van der Waals surface area contributed by atoms with E-state index >= 15 is 0 Å². The summed E-state index contributed by atoms with van der Waals surface area (Å²) >= 11 is 6.14. The van der Waals surface area contributed by atoms with E-state index in [0.29, 0.717) is 20.2 Å². The molecule has 20 heteroatoms. The first kappa shape index (κ1) is 41.0. The molecule has 2 aromatic carbocycles. The van der Waals surface area contributed by atoms with Crippen molar-refractivity contribution in [2.45, 2.75) is 0 Å². The summed E-state index contributed by atoms with van der Waals surface area (Å²) in [5, 5.41) is 37.2. The predicted octanol–water partition coefficient (Wildman–Crippen LogP) is 5.78. The molecule has 0 bridgehead atoms. The number of halogens is 3. The molecule has 6 heterocycles. The zero-order chi connectivity index (χ0) is 39.8. The first-order valence-corrected chi connectivity index (χ1v) is 22.2. The van der Waals surface area contributed by atoms with E-state index in [9.17, 15) is 18.4 Å². The van der Waals surface area contributed by atoms with Gasteiger partial charge in [0, 0.05) is 18.6 Å². The first-order chi connectivity index (χ1) is 27.0. The summed E-state index contributed by atoms with van der Waals surface area (Å²) in [4.78, 5) is 32.5. The zero-order valence-electron chi connectivity index (χ0n) is 29.1. The quantitative estimate of drug-likeness (QED) is 0.140. The molecule has 0 aliphatic carbocycles. The van der Waals surface area contributed by atoms with Gasteiger partial charge in [0.05, 0.1) is 5.59 Å². The fourth-order valence-electron chi connectivity index (χ4n) is 4.86. The van der Waals surface area contributed by atoms with Crippen LogP contribution in [-0.4, -0.2) is 87.5 Å². The second kappa shape index (κ2) is 19.0. The van der Waals surface area contributed by atoms with Gasteiger partial charge in [-0.15, -0.1) is 11.3 Å². The number of rotatable bonds is 8. The summed E-state index contributed by atoms with van der Waals surface area (Å²) < 4.78 is 33.6. The molecule has 0 fully saturated rings. The van der Waals surface area contributed by atoms with E-state index in [4.69, 9.17) is 10.0 Å².